The number of hydrogen-bond donors (Lipinski definition) is 1. The number of benzene rings is 2. The zero-order valence-electron chi connectivity index (χ0n) is 11.7. The molecule has 0 radical (unpaired) electrons. The molecule has 0 bridgehead atoms. The zero-order valence-corrected chi connectivity index (χ0v) is 14.0. The number of fused-ring (bicyclic) bond motifs is 3. The SMILES string of the molecule is Clc1ccc2c(c1)[C@@H]1C=CC[C@@H]1[C@@H](c1cccc(Cl)c1Cl)N2. The highest BCUT2D eigenvalue weighted by atomic mass is 35.5. The van der Waals surface area contributed by atoms with Crippen molar-refractivity contribution in [3.63, 3.8) is 0 Å². The van der Waals surface area contributed by atoms with E-state index >= 15 is 0 Å². The first-order valence-electron chi connectivity index (χ1n) is 7.31. The summed E-state index contributed by atoms with van der Waals surface area (Å²) in [6.45, 7) is 0. The average molecular weight is 351 g/mol. The topological polar surface area (TPSA) is 12.0 Å². The molecule has 0 spiro atoms. The predicted octanol–water partition coefficient (Wildman–Crippen LogP) is 6.47. The Bertz CT molecular complexity index is 769. The molecule has 22 heavy (non-hydrogen) atoms. The first-order valence-corrected chi connectivity index (χ1v) is 8.45. The van der Waals surface area contributed by atoms with Crippen molar-refractivity contribution in [2.75, 3.05) is 5.32 Å². The second-order valence-corrected chi connectivity index (χ2v) is 7.07. The van der Waals surface area contributed by atoms with Crippen LogP contribution in [0, 0.1) is 5.92 Å². The van der Waals surface area contributed by atoms with Crippen molar-refractivity contribution in [2.24, 2.45) is 5.92 Å². The summed E-state index contributed by atoms with van der Waals surface area (Å²) in [5.41, 5.74) is 3.45. The van der Waals surface area contributed by atoms with Gasteiger partial charge in [-0.15, -0.1) is 0 Å². The Morgan fingerprint density at radius 2 is 1.86 bits per heavy atom. The Kier molecular flexibility index (Phi) is 3.60. The highest BCUT2D eigenvalue weighted by molar-refractivity contribution is 6.42. The van der Waals surface area contributed by atoms with E-state index in [2.05, 4.69) is 29.6 Å². The molecule has 1 aliphatic carbocycles. The van der Waals surface area contributed by atoms with E-state index in [1.807, 2.05) is 24.3 Å². The van der Waals surface area contributed by atoms with Crippen LogP contribution in [0.25, 0.3) is 0 Å². The molecule has 2 aromatic rings. The third kappa shape index (κ3) is 2.23. The summed E-state index contributed by atoms with van der Waals surface area (Å²) in [4.78, 5) is 0. The maximum Gasteiger partial charge on any atom is 0.0645 e. The first-order chi connectivity index (χ1) is 10.6. The number of nitrogens with one attached hydrogen (secondary N) is 1. The van der Waals surface area contributed by atoms with Gasteiger partial charge in [-0.25, -0.2) is 0 Å². The fourth-order valence-electron chi connectivity index (χ4n) is 3.63. The summed E-state index contributed by atoms with van der Waals surface area (Å²) in [6, 6.07) is 12.0. The normalized spacial score (nSPS) is 25.5. The van der Waals surface area contributed by atoms with Gasteiger partial charge in [0.15, 0.2) is 0 Å². The van der Waals surface area contributed by atoms with Gasteiger partial charge in [0.1, 0.15) is 0 Å². The van der Waals surface area contributed by atoms with Crippen LogP contribution in [0.15, 0.2) is 48.6 Å². The molecular formula is C18H14Cl3N. The zero-order chi connectivity index (χ0) is 15.3. The monoisotopic (exact) mass is 349 g/mol. The van der Waals surface area contributed by atoms with E-state index in [-0.39, 0.29) is 6.04 Å². The first kappa shape index (κ1) is 14.4. The van der Waals surface area contributed by atoms with Gasteiger partial charge in [-0.1, -0.05) is 59.1 Å². The van der Waals surface area contributed by atoms with Crippen LogP contribution in [0.3, 0.4) is 0 Å². The van der Waals surface area contributed by atoms with Gasteiger partial charge in [-0.05, 0) is 47.7 Å². The summed E-state index contributed by atoms with van der Waals surface area (Å²) in [6.07, 6.45) is 5.56. The molecule has 4 heteroatoms. The Morgan fingerprint density at radius 3 is 2.73 bits per heavy atom. The molecule has 1 nitrogen and oxygen atoms in total. The van der Waals surface area contributed by atoms with Crippen LogP contribution in [0.2, 0.25) is 15.1 Å². The molecular weight excluding hydrogens is 337 g/mol. The molecule has 0 saturated carbocycles. The van der Waals surface area contributed by atoms with Crippen molar-refractivity contribution in [2.45, 2.75) is 18.4 Å². The maximum atomic E-state index is 6.46. The van der Waals surface area contributed by atoms with E-state index in [1.54, 1.807) is 0 Å². The lowest BCUT2D eigenvalue weighted by atomic mass is 9.77. The summed E-state index contributed by atoms with van der Waals surface area (Å²) < 4.78 is 0. The summed E-state index contributed by atoms with van der Waals surface area (Å²) in [7, 11) is 0. The van der Waals surface area contributed by atoms with Crippen molar-refractivity contribution < 1.29 is 0 Å². The van der Waals surface area contributed by atoms with Crippen molar-refractivity contribution in [1.29, 1.82) is 0 Å². The molecule has 0 saturated heterocycles. The maximum absolute atomic E-state index is 6.46. The molecule has 0 amide bonds. The van der Waals surface area contributed by atoms with E-state index in [1.165, 1.54) is 5.56 Å². The van der Waals surface area contributed by atoms with Crippen molar-refractivity contribution in [1.82, 2.24) is 0 Å². The van der Waals surface area contributed by atoms with Crippen molar-refractivity contribution >= 4 is 40.5 Å². The molecule has 0 fully saturated rings. The summed E-state index contributed by atoms with van der Waals surface area (Å²) >= 11 is 18.8. The minimum absolute atomic E-state index is 0.153. The van der Waals surface area contributed by atoms with Crippen molar-refractivity contribution in [3.05, 3.63) is 74.7 Å². The van der Waals surface area contributed by atoms with Crippen LogP contribution in [0.5, 0.6) is 0 Å². The van der Waals surface area contributed by atoms with Crippen molar-refractivity contribution in [3.8, 4) is 0 Å². The molecule has 0 aromatic heterocycles. The van der Waals surface area contributed by atoms with Crippen LogP contribution in [-0.2, 0) is 0 Å². The van der Waals surface area contributed by atoms with Gasteiger partial charge in [0, 0.05) is 16.6 Å². The van der Waals surface area contributed by atoms with E-state index in [0.29, 0.717) is 21.9 Å². The van der Waals surface area contributed by atoms with Gasteiger partial charge in [-0.2, -0.15) is 0 Å². The van der Waals surface area contributed by atoms with Gasteiger partial charge in [0.05, 0.1) is 16.1 Å². The molecule has 2 aliphatic rings. The molecule has 4 rings (SSSR count). The Balaban J connectivity index is 1.83. The second kappa shape index (κ2) is 5.49. The van der Waals surface area contributed by atoms with Crippen LogP contribution < -0.4 is 5.32 Å². The van der Waals surface area contributed by atoms with Gasteiger partial charge < -0.3 is 5.32 Å². The summed E-state index contributed by atoms with van der Waals surface area (Å²) in [5.74, 6) is 0.803. The fraction of sp³-hybridized carbons (Fsp3) is 0.222. The minimum Gasteiger partial charge on any atom is -0.378 e. The fourth-order valence-corrected chi connectivity index (χ4v) is 4.24. The van der Waals surface area contributed by atoms with Crippen LogP contribution in [-0.4, -0.2) is 0 Å². The van der Waals surface area contributed by atoms with Gasteiger partial charge in [-0.3, -0.25) is 0 Å². The van der Waals surface area contributed by atoms with Crippen LogP contribution >= 0.6 is 34.8 Å². The van der Waals surface area contributed by atoms with Gasteiger partial charge in [0.25, 0.3) is 0 Å². The van der Waals surface area contributed by atoms with E-state index in [4.69, 9.17) is 34.8 Å². The van der Waals surface area contributed by atoms with E-state index in [9.17, 15) is 0 Å². The molecule has 0 unspecified atom stereocenters. The number of anilines is 1. The molecule has 2 aromatic carbocycles. The molecule has 1 heterocycles. The average Bonchev–Trinajstić information content (AvgIpc) is 2.99. The van der Waals surface area contributed by atoms with Crippen LogP contribution in [0.1, 0.15) is 29.5 Å². The molecule has 1 N–H and O–H groups in total. The predicted molar refractivity (Wildman–Crippen MR) is 94.3 cm³/mol. The Hall–Kier alpha value is -1.15. The standard InChI is InChI=1S/C18H14Cl3N/c19-10-7-8-16-14(9-10)11-3-1-4-12(11)18(22-16)13-5-2-6-15(20)17(13)21/h1-3,5-9,11-12,18,22H,4H2/t11-,12+,18+/m1/s1. The third-order valence-electron chi connectivity index (χ3n) is 4.64. The smallest absolute Gasteiger partial charge is 0.0645 e. The minimum atomic E-state index is 0.153. The molecule has 3 atom stereocenters. The summed E-state index contributed by atoms with van der Waals surface area (Å²) in [5, 5.41) is 5.66. The number of halogens is 3. The Labute approximate surface area is 144 Å². The Morgan fingerprint density at radius 1 is 1.00 bits per heavy atom. The molecule has 112 valence electrons. The number of allylic oxidation sites excluding steroid dienone is 2. The van der Waals surface area contributed by atoms with Gasteiger partial charge in [0.2, 0.25) is 0 Å². The number of hydrogen-bond acceptors (Lipinski definition) is 1. The highest BCUT2D eigenvalue weighted by Crippen LogP contribution is 2.51. The lowest BCUT2D eigenvalue weighted by Crippen LogP contribution is -2.29. The van der Waals surface area contributed by atoms with E-state index < -0.39 is 0 Å². The van der Waals surface area contributed by atoms with Crippen LogP contribution in [0.4, 0.5) is 5.69 Å². The second-order valence-electron chi connectivity index (χ2n) is 5.85. The lowest BCUT2D eigenvalue weighted by molar-refractivity contribution is 0.426. The quantitative estimate of drug-likeness (QED) is 0.581. The van der Waals surface area contributed by atoms with E-state index in [0.717, 1.165) is 22.7 Å². The lowest BCUT2D eigenvalue weighted by Gasteiger charge is -2.38. The molecule has 1 aliphatic heterocycles. The number of rotatable bonds is 1. The third-order valence-corrected chi connectivity index (χ3v) is 5.71. The largest absolute Gasteiger partial charge is 0.378 e. The van der Waals surface area contributed by atoms with Gasteiger partial charge >= 0.3 is 0 Å². The highest BCUT2D eigenvalue weighted by Gasteiger charge is 2.38.